The predicted molar refractivity (Wildman–Crippen MR) is 319 cm³/mol. The molecule has 0 heteroatoms. The lowest BCUT2D eigenvalue weighted by Gasteiger charge is -2.13. The topological polar surface area (TPSA) is 0 Å². The average molecular weight is 943 g/mol. The van der Waals surface area contributed by atoms with Crippen molar-refractivity contribution in [1.82, 2.24) is 0 Å². The molecule has 350 valence electrons. The highest BCUT2D eigenvalue weighted by Gasteiger charge is 2.12. The Morgan fingerprint density at radius 3 is 0.649 bits per heavy atom. The van der Waals surface area contributed by atoms with Crippen LogP contribution in [0.15, 0.2) is 291 Å². The van der Waals surface area contributed by atoms with Gasteiger partial charge in [-0.1, -0.05) is 315 Å². The van der Waals surface area contributed by atoms with Gasteiger partial charge in [0.1, 0.15) is 0 Å². The number of benzene rings is 11. The van der Waals surface area contributed by atoms with Crippen LogP contribution in [-0.4, -0.2) is 0 Å². The van der Waals surface area contributed by atoms with Crippen molar-refractivity contribution in [3.05, 3.63) is 347 Å². The smallest absolute Gasteiger partial charge is 0.0105 e. The molecule has 0 aliphatic rings. The summed E-state index contributed by atoms with van der Waals surface area (Å²) in [6.45, 7) is 0. The molecule has 0 fully saturated rings. The average Bonchev–Trinajstić information content (AvgIpc) is 3.49. The lowest BCUT2D eigenvalue weighted by atomic mass is 9.91. The Kier molecular flexibility index (Phi) is 14.3. The Balaban J connectivity index is 0.856. The predicted octanol–water partition coefficient (Wildman–Crippen LogP) is 19.9. The third kappa shape index (κ3) is 11.3. The fourth-order valence-corrected chi connectivity index (χ4v) is 9.55. The molecular weight excluding hydrogens is 889 g/mol. The van der Waals surface area contributed by atoms with Gasteiger partial charge in [-0.25, -0.2) is 0 Å². The van der Waals surface area contributed by atoms with Gasteiger partial charge in [0.25, 0.3) is 0 Å². The molecule has 0 nitrogen and oxygen atoms in total. The zero-order chi connectivity index (χ0) is 49.7. The first kappa shape index (κ1) is 46.7. The summed E-state index contributed by atoms with van der Waals surface area (Å²) in [5.41, 5.74) is 23.6. The highest BCUT2D eigenvalue weighted by atomic mass is 14.2. The fourth-order valence-electron chi connectivity index (χ4n) is 9.55. The van der Waals surface area contributed by atoms with Gasteiger partial charge in [-0.3, -0.25) is 0 Å². The molecule has 0 aliphatic carbocycles. The van der Waals surface area contributed by atoms with Crippen LogP contribution in [0.2, 0.25) is 0 Å². The normalized spacial score (nSPS) is 11.1. The minimum absolute atomic E-state index is 1.14. The van der Waals surface area contributed by atoms with E-state index in [9.17, 15) is 0 Å². The van der Waals surface area contributed by atoms with Crippen molar-refractivity contribution in [2.45, 2.75) is 0 Å². The lowest BCUT2D eigenvalue weighted by Crippen LogP contribution is -1.91. The Labute approximate surface area is 436 Å². The summed E-state index contributed by atoms with van der Waals surface area (Å²) in [6.07, 6.45) is 13.6. The van der Waals surface area contributed by atoms with Crippen LogP contribution in [0, 0.1) is 0 Å². The third-order valence-corrected chi connectivity index (χ3v) is 13.7. The van der Waals surface area contributed by atoms with Crippen LogP contribution >= 0.6 is 0 Å². The van der Waals surface area contributed by atoms with Crippen molar-refractivity contribution in [3.63, 3.8) is 0 Å². The molecule has 0 saturated carbocycles. The second kappa shape index (κ2) is 22.6. The Morgan fingerprint density at radius 2 is 0.392 bits per heavy atom. The van der Waals surface area contributed by atoms with Crippen molar-refractivity contribution in [2.75, 3.05) is 0 Å². The van der Waals surface area contributed by atoms with E-state index < -0.39 is 0 Å². The van der Waals surface area contributed by atoms with Gasteiger partial charge in [0, 0.05) is 0 Å². The fraction of sp³-hybridized carbons (Fsp3) is 0. The van der Waals surface area contributed by atoms with Crippen molar-refractivity contribution in [3.8, 4) is 44.5 Å². The molecule has 0 unspecified atom stereocenters. The van der Waals surface area contributed by atoms with Gasteiger partial charge < -0.3 is 0 Å². The van der Waals surface area contributed by atoms with Crippen LogP contribution in [0.3, 0.4) is 0 Å². The van der Waals surface area contributed by atoms with E-state index in [0.29, 0.717) is 0 Å². The highest BCUT2D eigenvalue weighted by molar-refractivity contribution is 5.96. The Hall–Kier alpha value is -9.62. The zero-order valence-corrected chi connectivity index (χ0v) is 41.2. The first-order valence-corrected chi connectivity index (χ1v) is 25.4. The molecular formula is C74H54. The molecule has 11 aromatic carbocycles. The number of hydrogen-bond acceptors (Lipinski definition) is 0. The van der Waals surface area contributed by atoms with E-state index in [1.807, 2.05) is 0 Å². The Bertz CT molecular complexity index is 3290. The van der Waals surface area contributed by atoms with E-state index in [1.165, 1.54) is 77.9 Å². The van der Waals surface area contributed by atoms with E-state index in [2.05, 4.69) is 328 Å². The van der Waals surface area contributed by atoms with Gasteiger partial charge in [0.15, 0.2) is 0 Å². The third-order valence-electron chi connectivity index (χ3n) is 13.7. The minimum Gasteiger partial charge on any atom is -0.0622 e. The maximum atomic E-state index is 2.34. The molecule has 0 radical (unpaired) electrons. The molecule has 74 heavy (non-hydrogen) atoms. The monoisotopic (exact) mass is 942 g/mol. The van der Waals surface area contributed by atoms with Gasteiger partial charge >= 0.3 is 0 Å². The second-order valence-electron chi connectivity index (χ2n) is 18.5. The molecule has 0 heterocycles. The largest absolute Gasteiger partial charge is 0.0622 e. The summed E-state index contributed by atoms with van der Waals surface area (Å²) in [7, 11) is 0. The van der Waals surface area contributed by atoms with E-state index in [4.69, 9.17) is 0 Å². The van der Waals surface area contributed by atoms with Crippen LogP contribution in [-0.2, 0) is 0 Å². The van der Waals surface area contributed by atoms with Crippen LogP contribution in [0.5, 0.6) is 0 Å². The SMILES string of the molecule is C(=Cc1ccccc1C=C(c1ccc(-c2ccccc2)cc1)c1ccc(-c2ccccc2)cc1)c1ccc(C=Cc2ccccc2C=C(c2ccc(-c3ccccc3)cc2)c2ccc(-c3ccccc3)cc2)cc1. The molecule has 0 bridgehead atoms. The quantitative estimate of drug-likeness (QED) is 0.0953. The summed E-state index contributed by atoms with van der Waals surface area (Å²) in [6, 6.07) is 104. The molecule has 0 N–H and O–H groups in total. The first-order valence-electron chi connectivity index (χ1n) is 25.4. The first-order chi connectivity index (χ1) is 36.7. The molecule has 11 aromatic rings. The minimum atomic E-state index is 1.14. The van der Waals surface area contributed by atoms with Crippen molar-refractivity contribution >= 4 is 47.6 Å². The maximum absolute atomic E-state index is 2.34. The summed E-state index contributed by atoms with van der Waals surface area (Å²) < 4.78 is 0. The van der Waals surface area contributed by atoms with E-state index >= 15 is 0 Å². The lowest BCUT2D eigenvalue weighted by molar-refractivity contribution is 1.53. The van der Waals surface area contributed by atoms with Crippen molar-refractivity contribution < 1.29 is 0 Å². The van der Waals surface area contributed by atoms with Gasteiger partial charge in [-0.05, 0) is 123 Å². The molecule has 0 saturated heterocycles. The van der Waals surface area contributed by atoms with Gasteiger partial charge in [-0.2, -0.15) is 0 Å². The second-order valence-corrected chi connectivity index (χ2v) is 18.5. The molecule has 0 spiro atoms. The van der Waals surface area contributed by atoms with Crippen LogP contribution in [0.1, 0.15) is 55.6 Å². The van der Waals surface area contributed by atoms with Crippen LogP contribution in [0.25, 0.3) is 92.1 Å². The summed E-state index contributed by atoms with van der Waals surface area (Å²) in [4.78, 5) is 0. The van der Waals surface area contributed by atoms with E-state index in [-0.39, 0.29) is 0 Å². The zero-order valence-electron chi connectivity index (χ0n) is 41.2. The van der Waals surface area contributed by atoms with Crippen LogP contribution in [0.4, 0.5) is 0 Å². The van der Waals surface area contributed by atoms with E-state index in [1.54, 1.807) is 0 Å². The van der Waals surface area contributed by atoms with Gasteiger partial charge in [0.05, 0.1) is 0 Å². The van der Waals surface area contributed by atoms with Crippen LogP contribution < -0.4 is 0 Å². The molecule has 0 aromatic heterocycles. The standard InChI is InChI=1S/C74H54/c1-5-17-57(18-6-1)63-37-45-67(46-38-63)73(68-47-39-64(40-48-68)58-19-7-2-8-20-58)53-71-27-15-13-25-61(71)35-33-55-29-31-56(32-30-55)34-36-62-26-14-16-28-72(62)54-74(69-49-41-65(42-50-69)59-21-9-3-10-22-59)70-51-43-66(44-52-70)60-23-11-4-12-24-60/h1-54H. The Morgan fingerprint density at radius 1 is 0.176 bits per heavy atom. The van der Waals surface area contributed by atoms with Gasteiger partial charge in [0.2, 0.25) is 0 Å². The number of rotatable bonds is 14. The summed E-state index contributed by atoms with van der Waals surface area (Å²) in [5, 5.41) is 0. The molecule has 0 amide bonds. The molecule has 0 atom stereocenters. The number of hydrogen-bond donors (Lipinski definition) is 0. The highest BCUT2D eigenvalue weighted by Crippen LogP contribution is 2.34. The van der Waals surface area contributed by atoms with Crippen molar-refractivity contribution in [2.24, 2.45) is 0 Å². The van der Waals surface area contributed by atoms with E-state index in [0.717, 1.165) is 33.4 Å². The maximum Gasteiger partial charge on any atom is -0.0105 e. The van der Waals surface area contributed by atoms with Gasteiger partial charge in [-0.15, -0.1) is 0 Å². The van der Waals surface area contributed by atoms with Crippen molar-refractivity contribution in [1.29, 1.82) is 0 Å². The summed E-state index contributed by atoms with van der Waals surface area (Å²) >= 11 is 0. The molecule has 11 rings (SSSR count). The summed E-state index contributed by atoms with van der Waals surface area (Å²) in [5.74, 6) is 0. The molecule has 0 aliphatic heterocycles.